The fourth-order valence-corrected chi connectivity index (χ4v) is 6.91. The van der Waals surface area contributed by atoms with Crippen LogP contribution in [0.4, 0.5) is 23.1 Å². The van der Waals surface area contributed by atoms with Gasteiger partial charge in [-0.1, -0.05) is 6.07 Å². The van der Waals surface area contributed by atoms with Crippen LogP contribution in [-0.2, 0) is 9.84 Å². The minimum absolute atomic E-state index is 0.108. The van der Waals surface area contributed by atoms with Crippen molar-refractivity contribution >= 4 is 54.8 Å². The number of hydrogen-bond donors (Lipinski definition) is 4. The van der Waals surface area contributed by atoms with Crippen LogP contribution in [0.25, 0.3) is 21.8 Å². The maximum absolute atomic E-state index is 13.2. The number of aromatic nitrogens is 5. The predicted molar refractivity (Wildman–Crippen MR) is 177 cm³/mol. The van der Waals surface area contributed by atoms with E-state index in [4.69, 9.17) is 9.72 Å². The maximum atomic E-state index is 13.2. The highest BCUT2D eigenvalue weighted by molar-refractivity contribution is 7.92. The average Bonchev–Trinajstić information content (AvgIpc) is 3.58. The summed E-state index contributed by atoms with van der Waals surface area (Å²) in [7, 11) is -1.47. The molecule has 0 unspecified atom stereocenters. The van der Waals surface area contributed by atoms with Gasteiger partial charge in [0, 0.05) is 23.0 Å². The number of sulfone groups is 1. The Morgan fingerprint density at radius 1 is 1.02 bits per heavy atom. The molecule has 0 aliphatic carbocycles. The van der Waals surface area contributed by atoms with Crippen molar-refractivity contribution in [3.63, 3.8) is 0 Å². The minimum Gasteiger partial charge on any atom is -0.494 e. The van der Waals surface area contributed by atoms with Crippen molar-refractivity contribution in [2.24, 2.45) is 0 Å². The lowest BCUT2D eigenvalue weighted by atomic mass is 10.1. The van der Waals surface area contributed by atoms with Crippen molar-refractivity contribution in [2.45, 2.75) is 69.8 Å². The Bertz CT molecular complexity index is 1970. The van der Waals surface area contributed by atoms with E-state index in [9.17, 15) is 13.5 Å². The summed E-state index contributed by atoms with van der Waals surface area (Å²) in [6.45, 7) is 11.1. The SMILES string of the molecule is Cc1ccc(S(=O)(=O)C(C)C)c(Nc2nc(Nc3cc4c(O)n(C5CCN(C)CC5)cc4cc3OC(C)C)nc3[nH]ncc23)c1. The Hall–Kier alpha value is -4.36. The average molecular weight is 633 g/mol. The van der Waals surface area contributed by atoms with Crippen LogP contribution >= 0.6 is 0 Å². The first-order valence-electron chi connectivity index (χ1n) is 15.2. The second kappa shape index (κ2) is 11.9. The molecule has 1 aliphatic heterocycles. The number of fused-ring (bicyclic) bond motifs is 2. The zero-order valence-electron chi connectivity index (χ0n) is 26.4. The lowest BCUT2D eigenvalue weighted by Crippen LogP contribution is -2.31. The van der Waals surface area contributed by atoms with Crippen molar-refractivity contribution < 1.29 is 18.3 Å². The van der Waals surface area contributed by atoms with Gasteiger partial charge in [0.25, 0.3) is 0 Å². The molecule has 13 heteroatoms. The molecular formula is C32H40N8O4S. The molecule has 1 saturated heterocycles. The third-order valence-electron chi connectivity index (χ3n) is 8.23. The Morgan fingerprint density at radius 3 is 2.49 bits per heavy atom. The molecule has 1 fully saturated rings. The summed E-state index contributed by atoms with van der Waals surface area (Å²) in [5.74, 6) is 1.41. The van der Waals surface area contributed by atoms with Gasteiger partial charge >= 0.3 is 0 Å². The Labute approximate surface area is 262 Å². The highest BCUT2D eigenvalue weighted by atomic mass is 32.2. The van der Waals surface area contributed by atoms with Gasteiger partial charge in [0.2, 0.25) is 5.95 Å². The van der Waals surface area contributed by atoms with E-state index in [1.54, 1.807) is 38.2 Å². The molecule has 4 N–H and O–H groups in total. The first-order valence-corrected chi connectivity index (χ1v) is 16.8. The summed E-state index contributed by atoms with van der Waals surface area (Å²) >= 11 is 0. The summed E-state index contributed by atoms with van der Waals surface area (Å²) < 4.78 is 34.6. The van der Waals surface area contributed by atoms with E-state index < -0.39 is 15.1 Å². The summed E-state index contributed by atoms with van der Waals surface area (Å²) in [6.07, 6.45) is 5.40. The van der Waals surface area contributed by atoms with E-state index in [2.05, 4.69) is 37.8 Å². The quantitative estimate of drug-likeness (QED) is 0.151. The third kappa shape index (κ3) is 6.01. The standard InChI is InChI=1S/C32H40N8O4S/c1-18(2)44-27-14-21-17-40(22-9-11-39(6)12-10-22)31(41)23(21)15-25(27)35-32-36-29(24-16-33-38-30(24)37-32)34-26-13-20(5)7-8-28(26)45(42,43)19(3)4/h7-8,13-19,22,41H,9-12H2,1-6H3,(H3,33,34,35,36,37,38). The van der Waals surface area contributed by atoms with E-state index in [0.29, 0.717) is 39.4 Å². The second-order valence-electron chi connectivity index (χ2n) is 12.4. The molecule has 0 spiro atoms. The van der Waals surface area contributed by atoms with E-state index in [1.165, 1.54) is 0 Å². The van der Waals surface area contributed by atoms with Gasteiger partial charge in [-0.25, -0.2) is 8.42 Å². The van der Waals surface area contributed by atoms with Crippen LogP contribution in [0, 0.1) is 6.92 Å². The van der Waals surface area contributed by atoms with Gasteiger partial charge in [-0.05, 0) is 97.4 Å². The molecule has 0 radical (unpaired) electrons. The smallest absolute Gasteiger partial charge is 0.231 e. The number of ether oxygens (including phenoxy) is 1. The van der Waals surface area contributed by atoms with Gasteiger partial charge in [0.15, 0.2) is 21.4 Å². The van der Waals surface area contributed by atoms with Crippen molar-refractivity contribution in [3.8, 4) is 11.6 Å². The zero-order chi connectivity index (χ0) is 32.0. The molecule has 0 amide bonds. The number of likely N-dealkylation sites (tertiary alicyclic amines) is 1. The maximum Gasteiger partial charge on any atom is 0.231 e. The number of nitrogens with zero attached hydrogens (tertiary/aromatic N) is 5. The molecule has 0 saturated carbocycles. The van der Waals surface area contributed by atoms with Crippen LogP contribution in [0.1, 0.15) is 52.1 Å². The van der Waals surface area contributed by atoms with E-state index >= 15 is 0 Å². The van der Waals surface area contributed by atoms with Gasteiger partial charge in [0.1, 0.15) is 11.6 Å². The van der Waals surface area contributed by atoms with Gasteiger partial charge in [-0.15, -0.1) is 0 Å². The number of aromatic amines is 1. The Balaban J connectivity index is 1.41. The summed E-state index contributed by atoms with van der Waals surface area (Å²) in [4.78, 5) is 11.9. The van der Waals surface area contributed by atoms with Crippen LogP contribution in [-0.4, -0.2) is 74.6 Å². The molecule has 45 heavy (non-hydrogen) atoms. The first kappa shape index (κ1) is 30.7. The first-order chi connectivity index (χ1) is 21.4. The molecule has 5 aromatic rings. The predicted octanol–water partition coefficient (Wildman–Crippen LogP) is 6.04. The number of hydrogen-bond acceptors (Lipinski definition) is 10. The molecule has 0 atom stereocenters. The molecule has 6 rings (SSSR count). The van der Waals surface area contributed by atoms with Crippen molar-refractivity contribution in [1.82, 2.24) is 29.6 Å². The normalized spacial score (nSPS) is 15.0. The topological polar surface area (TPSA) is 150 Å². The second-order valence-corrected chi connectivity index (χ2v) is 14.8. The molecule has 3 aromatic heterocycles. The summed E-state index contributed by atoms with van der Waals surface area (Å²) in [5.41, 5.74) is 2.35. The number of nitrogens with one attached hydrogen (secondary N) is 3. The Kier molecular flexibility index (Phi) is 8.08. The summed E-state index contributed by atoms with van der Waals surface area (Å²) in [5, 5.41) is 26.5. The fraction of sp³-hybridized carbons (Fsp3) is 0.406. The highest BCUT2D eigenvalue weighted by Crippen LogP contribution is 2.40. The van der Waals surface area contributed by atoms with E-state index in [0.717, 1.165) is 36.9 Å². The van der Waals surface area contributed by atoms with Crippen LogP contribution in [0.15, 0.2) is 47.6 Å². The van der Waals surface area contributed by atoms with Crippen LogP contribution in [0.2, 0.25) is 0 Å². The monoisotopic (exact) mass is 632 g/mol. The lowest BCUT2D eigenvalue weighted by molar-refractivity contribution is 0.213. The number of aromatic hydroxyl groups is 1. The van der Waals surface area contributed by atoms with E-state index in [-0.39, 0.29) is 28.9 Å². The molecular weight excluding hydrogens is 592 g/mol. The molecule has 12 nitrogen and oxygen atoms in total. The number of rotatable bonds is 9. The molecule has 0 bridgehead atoms. The zero-order valence-corrected chi connectivity index (χ0v) is 27.2. The minimum atomic E-state index is -3.58. The fourth-order valence-electron chi connectivity index (χ4n) is 5.72. The number of aryl methyl sites for hydroxylation is 1. The number of piperidine rings is 1. The molecule has 2 aromatic carbocycles. The van der Waals surface area contributed by atoms with Crippen LogP contribution < -0.4 is 15.4 Å². The lowest BCUT2D eigenvalue weighted by Gasteiger charge is -2.30. The van der Waals surface area contributed by atoms with Gasteiger partial charge in [-0.2, -0.15) is 15.1 Å². The van der Waals surface area contributed by atoms with Crippen molar-refractivity contribution in [3.05, 3.63) is 48.3 Å². The molecule has 4 heterocycles. The van der Waals surface area contributed by atoms with Gasteiger partial charge in [-0.3, -0.25) is 5.10 Å². The number of H-pyrrole nitrogens is 1. The molecule has 238 valence electrons. The third-order valence-corrected chi connectivity index (χ3v) is 10.4. The Morgan fingerprint density at radius 2 is 1.78 bits per heavy atom. The molecule has 1 aliphatic rings. The van der Waals surface area contributed by atoms with Crippen LogP contribution in [0.3, 0.4) is 0 Å². The highest BCUT2D eigenvalue weighted by Gasteiger charge is 2.25. The largest absolute Gasteiger partial charge is 0.494 e. The van der Waals surface area contributed by atoms with Crippen LogP contribution in [0.5, 0.6) is 11.6 Å². The van der Waals surface area contributed by atoms with Gasteiger partial charge in [0.05, 0.1) is 39.2 Å². The number of anilines is 4. The summed E-state index contributed by atoms with van der Waals surface area (Å²) in [6, 6.07) is 9.18. The van der Waals surface area contributed by atoms with Gasteiger partial charge < -0.3 is 29.9 Å². The van der Waals surface area contributed by atoms with E-state index in [1.807, 2.05) is 43.7 Å². The number of benzene rings is 2. The van der Waals surface area contributed by atoms with Crippen molar-refractivity contribution in [2.75, 3.05) is 30.8 Å². The van der Waals surface area contributed by atoms with Crippen molar-refractivity contribution in [1.29, 1.82) is 0 Å².